The van der Waals surface area contributed by atoms with E-state index in [1.54, 1.807) is 0 Å². The molecule has 4 heteroatoms. The molecule has 0 bridgehead atoms. The number of hydrogen-bond acceptors (Lipinski definition) is 3. The van der Waals surface area contributed by atoms with Crippen LogP contribution in [0.3, 0.4) is 0 Å². The lowest BCUT2D eigenvalue weighted by molar-refractivity contribution is -0.121. The van der Waals surface area contributed by atoms with Crippen LogP contribution in [0.4, 0.5) is 0 Å². The largest absolute Gasteiger partial charge is 0.507 e. The van der Waals surface area contributed by atoms with Crippen LogP contribution >= 0.6 is 0 Å². The summed E-state index contributed by atoms with van der Waals surface area (Å²) in [7, 11) is 0. The maximum Gasteiger partial charge on any atom is 0.220 e. The zero-order chi connectivity index (χ0) is 19.4. The summed E-state index contributed by atoms with van der Waals surface area (Å²) >= 11 is 0. The van der Waals surface area contributed by atoms with Crippen molar-refractivity contribution in [2.24, 2.45) is 5.73 Å². The van der Waals surface area contributed by atoms with Gasteiger partial charge in [-0.25, -0.2) is 0 Å². The van der Waals surface area contributed by atoms with Crippen LogP contribution in [0.25, 0.3) is 0 Å². The SMILES string of the molecule is Cc1c(CCC(=O)NCCCN)cc(C(C)(C)C)c(O)c1C(C)(C)C. The van der Waals surface area contributed by atoms with Gasteiger partial charge in [0.15, 0.2) is 0 Å². The van der Waals surface area contributed by atoms with Crippen LogP contribution in [0, 0.1) is 6.92 Å². The highest BCUT2D eigenvalue weighted by Crippen LogP contribution is 2.42. The van der Waals surface area contributed by atoms with E-state index >= 15 is 0 Å². The normalized spacial score (nSPS) is 12.3. The van der Waals surface area contributed by atoms with Crippen LogP contribution in [0.15, 0.2) is 6.07 Å². The molecule has 1 rings (SSSR count). The molecule has 4 nitrogen and oxygen atoms in total. The Morgan fingerprint density at radius 1 is 1.16 bits per heavy atom. The van der Waals surface area contributed by atoms with Crippen LogP contribution < -0.4 is 11.1 Å². The Bertz CT molecular complexity index is 608. The highest BCUT2D eigenvalue weighted by atomic mass is 16.3. The Balaban J connectivity index is 3.17. The minimum Gasteiger partial charge on any atom is -0.507 e. The molecule has 0 unspecified atom stereocenters. The topological polar surface area (TPSA) is 75.4 Å². The highest BCUT2D eigenvalue weighted by molar-refractivity contribution is 5.76. The van der Waals surface area contributed by atoms with E-state index in [-0.39, 0.29) is 16.7 Å². The van der Waals surface area contributed by atoms with Crippen molar-refractivity contribution >= 4 is 5.91 Å². The quantitative estimate of drug-likeness (QED) is 0.686. The average Bonchev–Trinajstić information content (AvgIpc) is 2.44. The molecule has 0 aromatic heterocycles. The molecule has 0 atom stereocenters. The third-order valence-corrected chi connectivity index (χ3v) is 4.55. The van der Waals surface area contributed by atoms with Crippen molar-refractivity contribution in [2.45, 2.75) is 78.6 Å². The van der Waals surface area contributed by atoms with E-state index in [2.05, 4.69) is 59.8 Å². The first kappa shape index (κ1) is 21.5. The molecule has 0 heterocycles. The Kier molecular flexibility index (Phi) is 7.07. The molecule has 0 aliphatic rings. The fourth-order valence-corrected chi connectivity index (χ4v) is 3.24. The maximum atomic E-state index is 12.0. The smallest absolute Gasteiger partial charge is 0.220 e. The van der Waals surface area contributed by atoms with E-state index in [9.17, 15) is 9.90 Å². The van der Waals surface area contributed by atoms with Gasteiger partial charge in [-0.15, -0.1) is 0 Å². The number of aromatic hydroxyl groups is 1. The first-order valence-electron chi connectivity index (χ1n) is 9.22. The summed E-state index contributed by atoms with van der Waals surface area (Å²) in [5, 5.41) is 13.8. The van der Waals surface area contributed by atoms with E-state index in [1.165, 1.54) is 0 Å². The van der Waals surface area contributed by atoms with Crippen LogP contribution in [-0.2, 0) is 22.0 Å². The summed E-state index contributed by atoms with van der Waals surface area (Å²) in [5.41, 5.74) is 9.30. The Labute approximate surface area is 153 Å². The molecule has 0 saturated heterocycles. The molecule has 1 aromatic rings. The van der Waals surface area contributed by atoms with E-state index in [4.69, 9.17) is 5.73 Å². The number of phenols is 1. The van der Waals surface area contributed by atoms with Crippen LogP contribution in [0.5, 0.6) is 5.75 Å². The second kappa shape index (κ2) is 8.22. The number of nitrogens with two attached hydrogens (primary N) is 1. The predicted molar refractivity (Wildman–Crippen MR) is 105 cm³/mol. The first-order chi connectivity index (χ1) is 11.4. The molecule has 142 valence electrons. The van der Waals surface area contributed by atoms with Gasteiger partial charge in [0.05, 0.1) is 0 Å². The molecular weight excluding hydrogens is 312 g/mol. The summed E-state index contributed by atoms with van der Waals surface area (Å²) in [4.78, 5) is 12.0. The van der Waals surface area contributed by atoms with Gasteiger partial charge in [-0.2, -0.15) is 0 Å². The van der Waals surface area contributed by atoms with E-state index in [1.807, 2.05) is 0 Å². The molecule has 25 heavy (non-hydrogen) atoms. The number of phenolic OH excluding ortho intramolecular Hbond substituents is 1. The van der Waals surface area contributed by atoms with E-state index < -0.39 is 0 Å². The van der Waals surface area contributed by atoms with Gasteiger partial charge < -0.3 is 16.2 Å². The lowest BCUT2D eigenvalue weighted by atomic mass is 9.75. The molecule has 4 N–H and O–H groups in total. The van der Waals surface area contributed by atoms with E-state index in [0.29, 0.717) is 31.7 Å². The predicted octanol–water partition coefficient (Wildman–Crippen LogP) is 3.69. The molecule has 0 spiro atoms. The number of aryl methyl sites for hydroxylation is 1. The summed E-state index contributed by atoms with van der Waals surface area (Å²) in [6.07, 6.45) is 1.92. The van der Waals surface area contributed by atoms with Gasteiger partial charge in [-0.1, -0.05) is 47.6 Å². The van der Waals surface area contributed by atoms with Crippen molar-refractivity contribution in [3.05, 3.63) is 28.3 Å². The van der Waals surface area contributed by atoms with E-state index in [0.717, 1.165) is 28.7 Å². The van der Waals surface area contributed by atoms with Crippen molar-refractivity contribution < 1.29 is 9.90 Å². The van der Waals surface area contributed by atoms with Gasteiger partial charge in [-0.3, -0.25) is 4.79 Å². The number of benzene rings is 1. The Hall–Kier alpha value is -1.55. The summed E-state index contributed by atoms with van der Waals surface area (Å²) in [5.74, 6) is 0.448. The van der Waals surface area contributed by atoms with Crippen molar-refractivity contribution in [3.63, 3.8) is 0 Å². The molecule has 0 aliphatic carbocycles. The average molecular weight is 349 g/mol. The number of carbonyl (C=O) groups is 1. The number of carbonyl (C=O) groups excluding carboxylic acids is 1. The molecule has 0 radical (unpaired) electrons. The highest BCUT2D eigenvalue weighted by Gasteiger charge is 2.28. The molecule has 0 saturated carbocycles. The van der Waals surface area contributed by atoms with Crippen molar-refractivity contribution in [2.75, 3.05) is 13.1 Å². The van der Waals surface area contributed by atoms with Crippen LogP contribution in [-0.4, -0.2) is 24.1 Å². The van der Waals surface area contributed by atoms with Crippen molar-refractivity contribution in [1.82, 2.24) is 5.32 Å². The summed E-state index contributed by atoms with van der Waals surface area (Å²) in [6.45, 7) is 15.9. The fraction of sp³-hybridized carbons (Fsp3) is 0.667. The minimum atomic E-state index is -0.159. The fourth-order valence-electron chi connectivity index (χ4n) is 3.24. The minimum absolute atomic E-state index is 0.0514. The van der Waals surface area contributed by atoms with Gasteiger partial charge in [0.25, 0.3) is 0 Å². The second-order valence-corrected chi connectivity index (χ2v) is 8.92. The molecular formula is C21H36N2O2. The molecule has 0 fully saturated rings. The van der Waals surface area contributed by atoms with Gasteiger partial charge in [-0.05, 0) is 53.8 Å². The van der Waals surface area contributed by atoms with Crippen molar-refractivity contribution in [1.29, 1.82) is 0 Å². The monoisotopic (exact) mass is 348 g/mol. The Morgan fingerprint density at radius 2 is 1.76 bits per heavy atom. The number of rotatable bonds is 6. The van der Waals surface area contributed by atoms with Crippen LogP contribution in [0.1, 0.15) is 76.6 Å². The van der Waals surface area contributed by atoms with Gasteiger partial charge in [0.2, 0.25) is 5.91 Å². The number of amides is 1. The maximum absolute atomic E-state index is 12.0. The van der Waals surface area contributed by atoms with Crippen molar-refractivity contribution in [3.8, 4) is 5.75 Å². The van der Waals surface area contributed by atoms with Gasteiger partial charge >= 0.3 is 0 Å². The lowest BCUT2D eigenvalue weighted by Gasteiger charge is -2.30. The molecule has 1 amide bonds. The Morgan fingerprint density at radius 3 is 2.24 bits per heavy atom. The first-order valence-corrected chi connectivity index (χ1v) is 9.22. The third-order valence-electron chi connectivity index (χ3n) is 4.55. The zero-order valence-electron chi connectivity index (χ0n) is 17.0. The van der Waals surface area contributed by atoms with Gasteiger partial charge in [0.1, 0.15) is 5.75 Å². The summed E-state index contributed by atoms with van der Waals surface area (Å²) < 4.78 is 0. The van der Waals surface area contributed by atoms with Gasteiger partial charge in [0, 0.05) is 18.5 Å². The number of nitrogens with one attached hydrogen (secondary N) is 1. The zero-order valence-corrected chi connectivity index (χ0v) is 17.0. The third kappa shape index (κ3) is 5.74. The lowest BCUT2D eigenvalue weighted by Crippen LogP contribution is -2.26. The second-order valence-electron chi connectivity index (χ2n) is 8.92. The van der Waals surface area contributed by atoms with Crippen LogP contribution in [0.2, 0.25) is 0 Å². The number of hydrogen-bond donors (Lipinski definition) is 3. The summed E-state index contributed by atoms with van der Waals surface area (Å²) in [6, 6.07) is 2.08. The molecule has 1 aromatic carbocycles. The molecule has 0 aliphatic heterocycles. The standard InChI is InChI=1S/C21H36N2O2/c1-14-15(9-10-17(24)23-12-8-11-22)13-16(20(2,3)4)19(25)18(14)21(5,6)7/h13,25H,8-12,22H2,1-7H3,(H,23,24).